The van der Waals surface area contributed by atoms with Crippen molar-refractivity contribution in [1.82, 2.24) is 0 Å². The largest absolute Gasteiger partial charge is 0.493 e. The van der Waals surface area contributed by atoms with Gasteiger partial charge in [-0.1, -0.05) is 36.7 Å². The summed E-state index contributed by atoms with van der Waals surface area (Å²) >= 11 is 6.26. The highest BCUT2D eigenvalue weighted by molar-refractivity contribution is 6.33. The summed E-state index contributed by atoms with van der Waals surface area (Å²) in [7, 11) is 1.45. The molecule has 0 fully saturated rings. The SMILES string of the molecule is CCCOc1c(Cl)cc(C(=O)N(CC(=O)O)c2ccccc2)cc1OC. The van der Waals surface area contributed by atoms with Gasteiger partial charge in [0.1, 0.15) is 6.54 Å². The van der Waals surface area contributed by atoms with Gasteiger partial charge in [0.25, 0.3) is 5.91 Å². The van der Waals surface area contributed by atoms with Crippen LogP contribution >= 0.6 is 11.6 Å². The molecule has 0 radical (unpaired) electrons. The Hall–Kier alpha value is -2.73. The third kappa shape index (κ3) is 4.67. The van der Waals surface area contributed by atoms with Gasteiger partial charge in [0.2, 0.25) is 0 Å². The number of anilines is 1. The number of aliphatic carboxylic acids is 1. The van der Waals surface area contributed by atoms with Crippen molar-refractivity contribution >= 4 is 29.2 Å². The quantitative estimate of drug-likeness (QED) is 0.755. The van der Waals surface area contributed by atoms with Crippen LogP contribution in [0.1, 0.15) is 23.7 Å². The lowest BCUT2D eigenvalue weighted by Gasteiger charge is -2.22. The number of carboxylic acid groups (broad SMARTS) is 1. The Morgan fingerprint density at radius 1 is 1.19 bits per heavy atom. The van der Waals surface area contributed by atoms with Crippen LogP contribution in [0.5, 0.6) is 11.5 Å². The zero-order valence-corrected chi connectivity index (χ0v) is 15.3. The Kier molecular flexibility index (Phi) is 6.86. The number of benzene rings is 2. The van der Waals surface area contributed by atoms with Gasteiger partial charge >= 0.3 is 5.97 Å². The Labute approximate surface area is 156 Å². The topological polar surface area (TPSA) is 76.1 Å². The van der Waals surface area contributed by atoms with Crippen LogP contribution in [0.15, 0.2) is 42.5 Å². The number of halogens is 1. The molecule has 0 aromatic heterocycles. The van der Waals surface area contributed by atoms with Crippen molar-refractivity contribution in [2.75, 3.05) is 25.2 Å². The van der Waals surface area contributed by atoms with E-state index in [1.54, 1.807) is 30.3 Å². The second-order valence-electron chi connectivity index (χ2n) is 5.46. The molecule has 0 spiro atoms. The third-order valence-electron chi connectivity index (χ3n) is 3.53. The van der Waals surface area contributed by atoms with E-state index in [4.69, 9.17) is 21.1 Å². The molecule has 1 amide bonds. The lowest BCUT2D eigenvalue weighted by Crippen LogP contribution is -2.35. The van der Waals surface area contributed by atoms with Crippen LogP contribution in [-0.4, -0.2) is 37.2 Å². The normalized spacial score (nSPS) is 10.3. The zero-order valence-electron chi connectivity index (χ0n) is 14.6. The number of amides is 1. The van der Waals surface area contributed by atoms with Crippen LogP contribution in [0.25, 0.3) is 0 Å². The first-order valence-electron chi connectivity index (χ1n) is 8.07. The van der Waals surface area contributed by atoms with Gasteiger partial charge in [-0.25, -0.2) is 0 Å². The molecule has 2 aromatic rings. The van der Waals surface area contributed by atoms with Gasteiger partial charge in [-0.05, 0) is 30.7 Å². The number of carbonyl (C=O) groups is 2. The Morgan fingerprint density at radius 2 is 1.88 bits per heavy atom. The van der Waals surface area contributed by atoms with Crippen molar-refractivity contribution in [2.45, 2.75) is 13.3 Å². The van der Waals surface area contributed by atoms with Gasteiger partial charge in [-0.2, -0.15) is 0 Å². The van der Waals surface area contributed by atoms with Crippen LogP contribution in [0.2, 0.25) is 5.02 Å². The molecule has 0 bridgehead atoms. The molecule has 138 valence electrons. The van der Waals surface area contributed by atoms with E-state index in [1.165, 1.54) is 24.1 Å². The van der Waals surface area contributed by atoms with Crippen molar-refractivity contribution < 1.29 is 24.2 Å². The summed E-state index contributed by atoms with van der Waals surface area (Å²) in [4.78, 5) is 25.3. The highest BCUT2D eigenvalue weighted by atomic mass is 35.5. The fraction of sp³-hybridized carbons (Fsp3) is 0.263. The number of hydrogen-bond donors (Lipinski definition) is 1. The lowest BCUT2D eigenvalue weighted by atomic mass is 10.1. The average molecular weight is 378 g/mol. The van der Waals surface area contributed by atoms with Crippen LogP contribution in [0.4, 0.5) is 5.69 Å². The predicted molar refractivity (Wildman–Crippen MR) is 99.5 cm³/mol. The van der Waals surface area contributed by atoms with Crippen LogP contribution in [-0.2, 0) is 4.79 Å². The molecule has 2 rings (SSSR count). The van der Waals surface area contributed by atoms with Gasteiger partial charge in [0.05, 0.1) is 18.7 Å². The smallest absolute Gasteiger partial charge is 0.323 e. The number of rotatable bonds is 8. The number of carboxylic acids is 1. The molecule has 0 heterocycles. The molecule has 0 aliphatic rings. The molecule has 1 N–H and O–H groups in total. The van der Waals surface area contributed by atoms with Crippen molar-refractivity contribution in [3.05, 3.63) is 53.1 Å². The summed E-state index contributed by atoms with van der Waals surface area (Å²) in [5, 5.41) is 9.40. The summed E-state index contributed by atoms with van der Waals surface area (Å²) in [5.74, 6) is -0.946. The van der Waals surface area contributed by atoms with Gasteiger partial charge < -0.3 is 14.6 Å². The monoisotopic (exact) mass is 377 g/mol. The summed E-state index contributed by atoms with van der Waals surface area (Å²) in [6, 6.07) is 11.5. The molecule has 26 heavy (non-hydrogen) atoms. The fourth-order valence-electron chi connectivity index (χ4n) is 2.37. The second-order valence-corrected chi connectivity index (χ2v) is 5.87. The van der Waals surface area contributed by atoms with Crippen molar-refractivity contribution in [3.8, 4) is 11.5 Å². The number of nitrogens with zero attached hydrogens (tertiary/aromatic N) is 1. The van der Waals surface area contributed by atoms with E-state index in [1.807, 2.05) is 6.92 Å². The van der Waals surface area contributed by atoms with E-state index in [-0.39, 0.29) is 10.6 Å². The first kappa shape index (κ1) is 19.6. The Morgan fingerprint density at radius 3 is 2.46 bits per heavy atom. The molecule has 7 heteroatoms. The minimum absolute atomic E-state index is 0.209. The Balaban J connectivity index is 2.42. The summed E-state index contributed by atoms with van der Waals surface area (Å²) < 4.78 is 10.9. The first-order chi connectivity index (χ1) is 12.5. The molecule has 0 aliphatic heterocycles. The highest BCUT2D eigenvalue weighted by Gasteiger charge is 2.23. The average Bonchev–Trinajstić information content (AvgIpc) is 2.64. The Bertz CT molecular complexity index is 779. The van der Waals surface area contributed by atoms with Gasteiger partial charge in [-0.3, -0.25) is 14.5 Å². The second kappa shape index (κ2) is 9.10. The summed E-state index contributed by atoms with van der Waals surface area (Å²) in [5.41, 5.74) is 0.683. The standard InChI is InChI=1S/C19H20ClNO5/c1-3-9-26-18-15(20)10-13(11-16(18)25-2)19(24)21(12-17(22)23)14-7-5-4-6-8-14/h4-8,10-11H,3,9,12H2,1-2H3,(H,22,23). The van der Waals surface area contributed by atoms with E-state index in [9.17, 15) is 14.7 Å². The van der Waals surface area contributed by atoms with Crippen LogP contribution < -0.4 is 14.4 Å². The highest BCUT2D eigenvalue weighted by Crippen LogP contribution is 2.37. The van der Waals surface area contributed by atoms with E-state index in [0.29, 0.717) is 23.8 Å². The summed E-state index contributed by atoms with van der Waals surface area (Å²) in [6.45, 7) is 1.94. The fourth-order valence-corrected chi connectivity index (χ4v) is 2.63. The molecule has 0 unspecified atom stereocenters. The molecule has 0 atom stereocenters. The first-order valence-corrected chi connectivity index (χ1v) is 8.44. The maximum Gasteiger partial charge on any atom is 0.323 e. The van der Waals surface area contributed by atoms with Gasteiger partial charge in [-0.15, -0.1) is 0 Å². The molecule has 0 saturated heterocycles. The molecule has 6 nitrogen and oxygen atoms in total. The number of ether oxygens (including phenoxy) is 2. The lowest BCUT2D eigenvalue weighted by molar-refractivity contribution is -0.135. The van der Waals surface area contributed by atoms with Crippen molar-refractivity contribution in [3.63, 3.8) is 0 Å². The third-order valence-corrected chi connectivity index (χ3v) is 3.81. The van der Waals surface area contributed by atoms with Gasteiger partial charge in [0, 0.05) is 11.3 Å². The number of carbonyl (C=O) groups excluding carboxylic acids is 1. The molecule has 2 aromatic carbocycles. The maximum absolute atomic E-state index is 12.9. The number of hydrogen-bond acceptors (Lipinski definition) is 4. The number of methoxy groups -OCH3 is 1. The predicted octanol–water partition coefficient (Wildman–Crippen LogP) is 3.87. The summed E-state index contributed by atoms with van der Waals surface area (Å²) in [6.07, 6.45) is 0.792. The minimum atomic E-state index is -1.12. The molecule has 0 aliphatic carbocycles. The van der Waals surface area contributed by atoms with E-state index >= 15 is 0 Å². The van der Waals surface area contributed by atoms with Crippen LogP contribution in [0, 0.1) is 0 Å². The van der Waals surface area contributed by atoms with E-state index < -0.39 is 18.4 Å². The van der Waals surface area contributed by atoms with Crippen molar-refractivity contribution in [1.29, 1.82) is 0 Å². The zero-order chi connectivity index (χ0) is 19.1. The van der Waals surface area contributed by atoms with E-state index in [2.05, 4.69) is 0 Å². The van der Waals surface area contributed by atoms with E-state index in [0.717, 1.165) is 6.42 Å². The number of para-hydroxylation sites is 1. The molecular weight excluding hydrogens is 358 g/mol. The molecule has 0 saturated carbocycles. The van der Waals surface area contributed by atoms with Crippen molar-refractivity contribution in [2.24, 2.45) is 0 Å². The minimum Gasteiger partial charge on any atom is -0.493 e. The van der Waals surface area contributed by atoms with Gasteiger partial charge in [0.15, 0.2) is 11.5 Å². The maximum atomic E-state index is 12.9. The van der Waals surface area contributed by atoms with Crippen LogP contribution in [0.3, 0.4) is 0 Å². The molecular formula is C19H20ClNO5.